The normalized spacial score (nSPS) is 13.4. The van der Waals surface area contributed by atoms with Crippen LogP contribution in [0.4, 0.5) is 0 Å². The summed E-state index contributed by atoms with van der Waals surface area (Å²) in [6.07, 6.45) is 1.82. The van der Waals surface area contributed by atoms with Gasteiger partial charge in [0.1, 0.15) is 0 Å². The summed E-state index contributed by atoms with van der Waals surface area (Å²) < 4.78 is 0. The van der Waals surface area contributed by atoms with Crippen LogP contribution >= 0.6 is 11.6 Å². The summed E-state index contributed by atoms with van der Waals surface area (Å²) in [6, 6.07) is 6.12. The summed E-state index contributed by atoms with van der Waals surface area (Å²) in [5.74, 6) is 0.355. The molecule has 0 fully saturated rings. The van der Waals surface area contributed by atoms with Crippen LogP contribution in [0.25, 0.3) is 10.9 Å². The first-order chi connectivity index (χ1) is 6.74. The highest BCUT2D eigenvalue weighted by molar-refractivity contribution is 6.35. The van der Waals surface area contributed by atoms with Gasteiger partial charge in [0.05, 0.1) is 10.5 Å². The van der Waals surface area contributed by atoms with Crippen molar-refractivity contribution in [3.05, 3.63) is 35.0 Å². The summed E-state index contributed by atoms with van der Waals surface area (Å²) in [4.78, 5) is 3.18. The number of para-hydroxylation sites is 1. The monoisotopic (exact) mass is 208 g/mol. The number of hydrogen-bond donors (Lipinski definition) is 2. The van der Waals surface area contributed by atoms with Crippen LogP contribution in [-0.2, 0) is 0 Å². The number of fused-ring (bicyclic) bond motifs is 1. The summed E-state index contributed by atoms with van der Waals surface area (Å²) in [5, 5.41) is 1.84. The maximum atomic E-state index is 6.03. The number of hydrogen-bond acceptors (Lipinski definition) is 1. The number of aromatic nitrogens is 1. The summed E-state index contributed by atoms with van der Waals surface area (Å²) in [7, 11) is 0. The molecule has 1 aromatic heterocycles. The summed E-state index contributed by atoms with van der Waals surface area (Å²) in [6.45, 7) is 2.76. The number of benzene rings is 1. The molecule has 1 aromatic carbocycles. The van der Waals surface area contributed by atoms with E-state index in [0.717, 1.165) is 15.9 Å². The van der Waals surface area contributed by atoms with Crippen LogP contribution in [0.15, 0.2) is 24.4 Å². The minimum absolute atomic E-state index is 0.355. The predicted molar refractivity (Wildman–Crippen MR) is 60.8 cm³/mol. The van der Waals surface area contributed by atoms with Crippen LogP contribution in [-0.4, -0.2) is 11.5 Å². The lowest BCUT2D eigenvalue weighted by Crippen LogP contribution is -2.09. The molecule has 0 aliphatic heterocycles. The zero-order valence-electron chi connectivity index (χ0n) is 8.05. The fourth-order valence-corrected chi connectivity index (χ4v) is 1.89. The molecule has 0 amide bonds. The standard InChI is InChI=1S/C11H13ClN2/c1-7(5-13)8-3-2-4-9-10(12)6-14-11(8)9/h2-4,6-7,14H,5,13H2,1H3. The number of nitrogens with one attached hydrogen (secondary N) is 1. The molecule has 0 aliphatic carbocycles. The second-order valence-corrected chi connectivity index (χ2v) is 3.95. The highest BCUT2D eigenvalue weighted by Gasteiger charge is 2.10. The molecule has 0 saturated carbocycles. The Morgan fingerprint density at radius 3 is 3.00 bits per heavy atom. The van der Waals surface area contributed by atoms with Crippen LogP contribution in [0.2, 0.25) is 5.02 Å². The number of aromatic amines is 1. The zero-order chi connectivity index (χ0) is 10.1. The van der Waals surface area contributed by atoms with Crippen molar-refractivity contribution in [3.63, 3.8) is 0 Å². The van der Waals surface area contributed by atoms with Crippen molar-refractivity contribution in [3.8, 4) is 0 Å². The van der Waals surface area contributed by atoms with Gasteiger partial charge in [-0.25, -0.2) is 0 Å². The number of H-pyrrole nitrogens is 1. The highest BCUT2D eigenvalue weighted by Crippen LogP contribution is 2.28. The van der Waals surface area contributed by atoms with Crippen molar-refractivity contribution in [1.29, 1.82) is 0 Å². The van der Waals surface area contributed by atoms with Crippen molar-refractivity contribution in [2.45, 2.75) is 12.8 Å². The Labute approximate surface area is 88.1 Å². The van der Waals surface area contributed by atoms with Gasteiger partial charge in [-0.05, 0) is 18.0 Å². The highest BCUT2D eigenvalue weighted by atomic mass is 35.5. The second-order valence-electron chi connectivity index (χ2n) is 3.54. The smallest absolute Gasteiger partial charge is 0.0659 e. The lowest BCUT2D eigenvalue weighted by molar-refractivity contribution is 0.779. The molecular weight excluding hydrogens is 196 g/mol. The van der Waals surface area contributed by atoms with E-state index in [9.17, 15) is 0 Å². The Bertz CT molecular complexity index is 447. The first kappa shape index (κ1) is 9.56. The lowest BCUT2D eigenvalue weighted by Gasteiger charge is -2.09. The zero-order valence-corrected chi connectivity index (χ0v) is 8.81. The molecule has 14 heavy (non-hydrogen) atoms. The third-order valence-corrected chi connectivity index (χ3v) is 2.89. The Balaban J connectivity index is 2.65. The van der Waals surface area contributed by atoms with E-state index in [-0.39, 0.29) is 0 Å². The van der Waals surface area contributed by atoms with Crippen LogP contribution in [0.1, 0.15) is 18.4 Å². The van der Waals surface area contributed by atoms with Gasteiger partial charge in [0.2, 0.25) is 0 Å². The Morgan fingerprint density at radius 2 is 2.29 bits per heavy atom. The van der Waals surface area contributed by atoms with Gasteiger partial charge in [-0.1, -0.05) is 36.7 Å². The van der Waals surface area contributed by atoms with Crippen LogP contribution < -0.4 is 5.73 Å². The number of rotatable bonds is 2. The molecule has 74 valence electrons. The van der Waals surface area contributed by atoms with Gasteiger partial charge in [0.15, 0.2) is 0 Å². The molecule has 3 heteroatoms. The molecule has 0 bridgehead atoms. The van der Waals surface area contributed by atoms with Gasteiger partial charge < -0.3 is 10.7 Å². The average molecular weight is 209 g/mol. The third kappa shape index (κ3) is 1.41. The van der Waals surface area contributed by atoms with E-state index in [1.165, 1.54) is 5.56 Å². The third-order valence-electron chi connectivity index (χ3n) is 2.58. The van der Waals surface area contributed by atoms with Crippen molar-refractivity contribution in [2.24, 2.45) is 5.73 Å². The molecule has 2 rings (SSSR count). The minimum Gasteiger partial charge on any atom is -0.360 e. The largest absolute Gasteiger partial charge is 0.360 e. The van der Waals surface area contributed by atoms with Gasteiger partial charge in [0, 0.05) is 11.6 Å². The molecule has 1 heterocycles. The van der Waals surface area contributed by atoms with E-state index in [1.807, 2.05) is 18.3 Å². The first-order valence-electron chi connectivity index (χ1n) is 4.69. The molecule has 1 atom stereocenters. The van der Waals surface area contributed by atoms with Crippen LogP contribution in [0, 0.1) is 0 Å². The fourth-order valence-electron chi connectivity index (χ4n) is 1.68. The first-order valence-corrected chi connectivity index (χ1v) is 5.07. The van der Waals surface area contributed by atoms with Crippen LogP contribution in [0.5, 0.6) is 0 Å². The Kier molecular flexibility index (Phi) is 2.48. The Morgan fingerprint density at radius 1 is 1.50 bits per heavy atom. The predicted octanol–water partition coefficient (Wildman–Crippen LogP) is 2.88. The molecule has 0 radical (unpaired) electrons. The van der Waals surface area contributed by atoms with E-state index < -0.39 is 0 Å². The quantitative estimate of drug-likeness (QED) is 0.783. The van der Waals surface area contributed by atoms with E-state index >= 15 is 0 Å². The molecule has 0 saturated heterocycles. The topological polar surface area (TPSA) is 41.8 Å². The molecule has 0 spiro atoms. The van der Waals surface area contributed by atoms with Crippen LogP contribution in [0.3, 0.4) is 0 Å². The average Bonchev–Trinajstić information content (AvgIpc) is 2.59. The number of halogens is 1. The van der Waals surface area contributed by atoms with Gasteiger partial charge in [-0.15, -0.1) is 0 Å². The van der Waals surface area contributed by atoms with Gasteiger partial charge >= 0.3 is 0 Å². The second kappa shape index (κ2) is 3.64. The molecule has 3 N–H and O–H groups in total. The minimum atomic E-state index is 0.355. The van der Waals surface area contributed by atoms with Gasteiger partial charge in [0.25, 0.3) is 0 Å². The van der Waals surface area contributed by atoms with Crippen molar-refractivity contribution in [2.75, 3.05) is 6.54 Å². The van der Waals surface area contributed by atoms with E-state index in [2.05, 4.69) is 18.0 Å². The number of nitrogens with two attached hydrogens (primary N) is 1. The Hall–Kier alpha value is -0.990. The lowest BCUT2D eigenvalue weighted by atomic mass is 9.99. The summed E-state index contributed by atoms with van der Waals surface area (Å²) in [5.41, 5.74) is 8.00. The molecule has 2 nitrogen and oxygen atoms in total. The van der Waals surface area contributed by atoms with Crippen molar-refractivity contribution in [1.82, 2.24) is 4.98 Å². The maximum Gasteiger partial charge on any atom is 0.0659 e. The van der Waals surface area contributed by atoms with E-state index in [0.29, 0.717) is 12.5 Å². The fraction of sp³-hybridized carbons (Fsp3) is 0.273. The molecular formula is C11H13ClN2. The summed E-state index contributed by atoms with van der Waals surface area (Å²) >= 11 is 6.03. The van der Waals surface area contributed by atoms with Gasteiger partial charge in [-0.3, -0.25) is 0 Å². The van der Waals surface area contributed by atoms with Crippen molar-refractivity contribution < 1.29 is 0 Å². The van der Waals surface area contributed by atoms with Gasteiger partial charge in [-0.2, -0.15) is 0 Å². The maximum absolute atomic E-state index is 6.03. The van der Waals surface area contributed by atoms with Crippen molar-refractivity contribution >= 4 is 22.5 Å². The SMILES string of the molecule is CC(CN)c1cccc2c(Cl)c[nH]c12. The molecule has 1 unspecified atom stereocenters. The molecule has 0 aliphatic rings. The van der Waals surface area contributed by atoms with E-state index in [4.69, 9.17) is 17.3 Å². The van der Waals surface area contributed by atoms with E-state index in [1.54, 1.807) is 0 Å². The molecule has 2 aromatic rings.